The van der Waals surface area contributed by atoms with Crippen LogP contribution in [0, 0.1) is 0 Å². The van der Waals surface area contributed by atoms with E-state index in [4.69, 9.17) is 5.73 Å². The molecule has 0 saturated carbocycles. The van der Waals surface area contributed by atoms with Crippen molar-refractivity contribution in [1.29, 1.82) is 0 Å². The molecule has 0 amide bonds. The third-order valence-electron chi connectivity index (χ3n) is 3.51. The minimum absolute atomic E-state index is 0.0530. The second kappa shape index (κ2) is 5.95. The first-order valence-electron chi connectivity index (χ1n) is 6.45. The van der Waals surface area contributed by atoms with E-state index in [1.54, 1.807) is 13.1 Å². The highest BCUT2D eigenvalue weighted by Gasteiger charge is 2.20. The Balaban J connectivity index is 2.57. The fourth-order valence-corrected chi connectivity index (χ4v) is 2.58. The standard InChI is InChI=1S/C15H18F2N2/c1-19-9-12(8-18)13-6-10-4-2-3-5-11(10)7-14(13)15(16)17/h6-9,15H,2-5,18H2,1H3. The summed E-state index contributed by atoms with van der Waals surface area (Å²) in [6, 6.07) is 3.50. The summed E-state index contributed by atoms with van der Waals surface area (Å²) in [5.41, 5.74) is 8.85. The van der Waals surface area contributed by atoms with E-state index in [9.17, 15) is 8.78 Å². The van der Waals surface area contributed by atoms with Crippen LogP contribution < -0.4 is 5.73 Å². The van der Waals surface area contributed by atoms with Crippen LogP contribution in [-0.4, -0.2) is 13.3 Å². The van der Waals surface area contributed by atoms with Gasteiger partial charge in [0.2, 0.25) is 0 Å². The van der Waals surface area contributed by atoms with Gasteiger partial charge in [-0.1, -0.05) is 6.07 Å². The average molecular weight is 264 g/mol. The highest BCUT2D eigenvalue weighted by Crippen LogP contribution is 2.33. The number of nitrogens with zero attached hydrogens (tertiary/aromatic N) is 1. The molecule has 0 aromatic heterocycles. The van der Waals surface area contributed by atoms with Gasteiger partial charge in [0.05, 0.1) is 0 Å². The van der Waals surface area contributed by atoms with Crippen LogP contribution in [0.4, 0.5) is 8.78 Å². The Morgan fingerprint density at radius 3 is 2.42 bits per heavy atom. The van der Waals surface area contributed by atoms with Gasteiger partial charge in [-0.05, 0) is 48.4 Å². The Morgan fingerprint density at radius 1 is 1.26 bits per heavy atom. The van der Waals surface area contributed by atoms with E-state index in [0.29, 0.717) is 11.1 Å². The largest absolute Gasteiger partial charge is 0.404 e. The van der Waals surface area contributed by atoms with E-state index >= 15 is 0 Å². The molecular weight excluding hydrogens is 246 g/mol. The van der Waals surface area contributed by atoms with Crippen LogP contribution in [0.2, 0.25) is 0 Å². The maximum Gasteiger partial charge on any atom is 0.264 e. The van der Waals surface area contributed by atoms with Crippen LogP contribution in [0.5, 0.6) is 0 Å². The Hall–Kier alpha value is -1.71. The lowest BCUT2D eigenvalue weighted by atomic mass is 9.86. The topological polar surface area (TPSA) is 38.4 Å². The molecule has 0 fully saturated rings. The van der Waals surface area contributed by atoms with Crippen molar-refractivity contribution < 1.29 is 8.78 Å². The van der Waals surface area contributed by atoms with E-state index < -0.39 is 6.43 Å². The molecule has 2 N–H and O–H groups in total. The van der Waals surface area contributed by atoms with Crippen LogP contribution in [0.25, 0.3) is 5.57 Å². The summed E-state index contributed by atoms with van der Waals surface area (Å²) >= 11 is 0. The van der Waals surface area contributed by atoms with Crippen molar-refractivity contribution in [2.24, 2.45) is 10.7 Å². The Morgan fingerprint density at radius 2 is 1.89 bits per heavy atom. The lowest BCUT2D eigenvalue weighted by molar-refractivity contribution is 0.151. The monoisotopic (exact) mass is 264 g/mol. The van der Waals surface area contributed by atoms with Crippen molar-refractivity contribution >= 4 is 11.8 Å². The fourth-order valence-electron chi connectivity index (χ4n) is 2.58. The normalized spacial score (nSPS) is 16.1. The molecule has 0 radical (unpaired) electrons. The van der Waals surface area contributed by atoms with Crippen LogP contribution in [0.3, 0.4) is 0 Å². The number of hydrogen-bond donors (Lipinski definition) is 1. The molecule has 0 unspecified atom stereocenters. The summed E-state index contributed by atoms with van der Waals surface area (Å²) in [4.78, 5) is 3.88. The van der Waals surface area contributed by atoms with Crippen molar-refractivity contribution in [3.63, 3.8) is 0 Å². The van der Waals surface area contributed by atoms with Gasteiger partial charge in [0.1, 0.15) is 0 Å². The first kappa shape index (κ1) is 13.7. The second-order valence-electron chi connectivity index (χ2n) is 4.73. The first-order chi connectivity index (χ1) is 9.17. The Bertz CT molecular complexity index is 519. The number of halogens is 2. The van der Waals surface area contributed by atoms with Crippen molar-refractivity contribution in [1.82, 2.24) is 0 Å². The third kappa shape index (κ3) is 2.83. The smallest absolute Gasteiger partial charge is 0.264 e. The molecule has 0 spiro atoms. The van der Waals surface area contributed by atoms with Crippen LogP contribution in [-0.2, 0) is 12.8 Å². The van der Waals surface area contributed by atoms with Gasteiger partial charge in [-0.15, -0.1) is 0 Å². The summed E-state index contributed by atoms with van der Waals surface area (Å²) in [6.07, 6.45) is 4.39. The van der Waals surface area contributed by atoms with Crippen LogP contribution in [0.15, 0.2) is 23.3 Å². The summed E-state index contributed by atoms with van der Waals surface area (Å²) in [5, 5.41) is 0. The van der Waals surface area contributed by atoms with Crippen LogP contribution in [0.1, 0.15) is 41.5 Å². The summed E-state index contributed by atoms with van der Waals surface area (Å²) in [5.74, 6) is 0. The molecule has 0 bridgehead atoms. The molecule has 0 aliphatic heterocycles. The highest BCUT2D eigenvalue weighted by molar-refractivity contribution is 6.10. The highest BCUT2D eigenvalue weighted by atomic mass is 19.3. The van der Waals surface area contributed by atoms with E-state index in [1.807, 2.05) is 6.07 Å². The van der Waals surface area contributed by atoms with E-state index in [2.05, 4.69) is 4.99 Å². The van der Waals surface area contributed by atoms with Gasteiger partial charge in [-0.3, -0.25) is 4.99 Å². The number of hydrogen-bond acceptors (Lipinski definition) is 2. The first-order valence-corrected chi connectivity index (χ1v) is 6.45. The fraction of sp³-hybridized carbons (Fsp3) is 0.400. The number of nitrogens with two attached hydrogens (primary N) is 1. The third-order valence-corrected chi connectivity index (χ3v) is 3.51. The van der Waals surface area contributed by atoms with E-state index in [0.717, 1.165) is 36.8 Å². The quantitative estimate of drug-likeness (QED) is 0.834. The van der Waals surface area contributed by atoms with Gasteiger partial charge >= 0.3 is 0 Å². The number of allylic oxidation sites excluding steroid dienone is 1. The van der Waals surface area contributed by atoms with Gasteiger partial charge in [0, 0.05) is 30.6 Å². The SMILES string of the molecule is CN=CC(=CN)c1cc2c(cc1C(F)F)CCCC2. The molecule has 1 aliphatic rings. The van der Waals surface area contributed by atoms with Crippen LogP contribution >= 0.6 is 0 Å². The van der Waals surface area contributed by atoms with Gasteiger partial charge in [0.25, 0.3) is 6.43 Å². The predicted octanol–water partition coefficient (Wildman–Crippen LogP) is 3.50. The number of aryl methyl sites for hydroxylation is 2. The zero-order chi connectivity index (χ0) is 13.8. The number of benzene rings is 1. The molecule has 4 heteroatoms. The number of fused-ring (bicyclic) bond motifs is 1. The molecule has 1 aliphatic carbocycles. The molecule has 102 valence electrons. The summed E-state index contributed by atoms with van der Waals surface area (Å²) in [7, 11) is 1.60. The number of aliphatic imine (C=N–C) groups is 1. The molecule has 0 atom stereocenters. The molecule has 2 rings (SSSR count). The predicted molar refractivity (Wildman–Crippen MR) is 74.6 cm³/mol. The molecule has 0 heterocycles. The summed E-state index contributed by atoms with van der Waals surface area (Å²) < 4.78 is 26.4. The summed E-state index contributed by atoms with van der Waals surface area (Å²) in [6.45, 7) is 0. The average Bonchev–Trinajstić information content (AvgIpc) is 2.43. The molecular formula is C15H18F2N2. The Labute approximate surface area is 112 Å². The van der Waals surface area contributed by atoms with E-state index in [1.165, 1.54) is 12.4 Å². The minimum Gasteiger partial charge on any atom is -0.404 e. The van der Waals surface area contributed by atoms with E-state index in [-0.39, 0.29) is 5.56 Å². The van der Waals surface area contributed by atoms with Crippen molar-refractivity contribution in [3.05, 3.63) is 40.6 Å². The minimum atomic E-state index is -2.50. The van der Waals surface area contributed by atoms with Gasteiger partial charge < -0.3 is 5.73 Å². The molecule has 19 heavy (non-hydrogen) atoms. The number of alkyl halides is 2. The molecule has 1 aromatic carbocycles. The lowest BCUT2D eigenvalue weighted by Crippen LogP contribution is -2.07. The number of rotatable bonds is 3. The molecule has 0 saturated heterocycles. The molecule has 1 aromatic rings. The van der Waals surface area contributed by atoms with Crippen molar-refractivity contribution in [3.8, 4) is 0 Å². The van der Waals surface area contributed by atoms with Crippen molar-refractivity contribution in [2.45, 2.75) is 32.1 Å². The molecule has 2 nitrogen and oxygen atoms in total. The lowest BCUT2D eigenvalue weighted by Gasteiger charge is -2.20. The van der Waals surface area contributed by atoms with Gasteiger partial charge in [-0.25, -0.2) is 8.78 Å². The maximum absolute atomic E-state index is 13.2. The Kier molecular flexibility index (Phi) is 4.30. The maximum atomic E-state index is 13.2. The zero-order valence-electron chi connectivity index (χ0n) is 11.0. The van der Waals surface area contributed by atoms with Crippen molar-refractivity contribution in [2.75, 3.05) is 7.05 Å². The van der Waals surface area contributed by atoms with Gasteiger partial charge in [0.15, 0.2) is 0 Å². The zero-order valence-corrected chi connectivity index (χ0v) is 11.0. The van der Waals surface area contributed by atoms with Gasteiger partial charge in [-0.2, -0.15) is 0 Å². The second-order valence-corrected chi connectivity index (χ2v) is 4.73.